The van der Waals surface area contributed by atoms with Gasteiger partial charge in [-0.05, 0) is 18.2 Å². The molecule has 6 nitrogen and oxygen atoms in total. The molecule has 0 spiro atoms. The third-order valence-electron chi connectivity index (χ3n) is 4.13. The Labute approximate surface area is 135 Å². The molecule has 2 heterocycles. The minimum Gasteiger partial charge on any atom is -0.443 e. The van der Waals surface area contributed by atoms with Crippen LogP contribution in [-0.4, -0.2) is 50.1 Å². The normalized spacial score (nSPS) is 23.6. The van der Waals surface area contributed by atoms with Crippen LogP contribution in [0.2, 0.25) is 0 Å². The molecule has 2 N–H and O–H groups in total. The van der Waals surface area contributed by atoms with E-state index in [0.717, 1.165) is 11.0 Å². The van der Waals surface area contributed by atoms with Crippen molar-refractivity contribution in [1.29, 1.82) is 0 Å². The van der Waals surface area contributed by atoms with Gasteiger partial charge >= 0.3 is 12.0 Å². The van der Waals surface area contributed by atoms with E-state index in [4.69, 9.17) is 10.5 Å². The van der Waals surface area contributed by atoms with Gasteiger partial charge in [-0.1, -0.05) is 0 Å². The number of nitrogens with zero attached hydrogens (tertiary/aromatic N) is 2. The minimum absolute atomic E-state index is 0.0195. The van der Waals surface area contributed by atoms with Gasteiger partial charge in [0.25, 0.3) is 0 Å². The summed E-state index contributed by atoms with van der Waals surface area (Å²) in [6.07, 6.45) is -1.44. The number of rotatable bonds is 3. The van der Waals surface area contributed by atoms with E-state index in [9.17, 15) is 22.8 Å². The number of amides is 1. The van der Waals surface area contributed by atoms with Gasteiger partial charge in [0, 0.05) is 19.5 Å². The highest BCUT2D eigenvalue weighted by Crippen LogP contribution is 2.32. The number of hydrogen-bond donors (Lipinski definition) is 1. The summed E-state index contributed by atoms with van der Waals surface area (Å²) in [6.45, 7) is -0.487. The van der Waals surface area contributed by atoms with E-state index in [-0.39, 0.29) is 37.4 Å². The standard InChI is InChI=1S/C15H16F3N3O3/c16-11-5-9(21-7-10(6-19)24-14(21)23)1-2-12(11)20-4-3-13(22)15(17,18)8-20/h1-2,5,10H,3-4,6-8,19H2. The Balaban J connectivity index is 1.81. The van der Waals surface area contributed by atoms with Crippen molar-refractivity contribution >= 4 is 23.3 Å². The van der Waals surface area contributed by atoms with Crippen molar-refractivity contribution in [2.75, 3.05) is 36.0 Å². The third kappa shape index (κ3) is 2.91. The second kappa shape index (κ2) is 5.97. The number of hydrogen-bond acceptors (Lipinski definition) is 5. The molecule has 2 aliphatic rings. The van der Waals surface area contributed by atoms with Gasteiger partial charge in [0.15, 0.2) is 0 Å². The maximum Gasteiger partial charge on any atom is 0.414 e. The molecule has 3 rings (SSSR count). The topological polar surface area (TPSA) is 75.9 Å². The molecule has 1 atom stereocenters. The number of piperidine rings is 1. The number of halogens is 3. The lowest BCUT2D eigenvalue weighted by atomic mass is 10.0. The van der Waals surface area contributed by atoms with Crippen LogP contribution in [0.5, 0.6) is 0 Å². The number of carbonyl (C=O) groups excluding carboxylic acids is 2. The number of cyclic esters (lactones) is 1. The van der Waals surface area contributed by atoms with E-state index in [1.54, 1.807) is 0 Å². The number of Topliss-reactive ketones (excluding diaryl/α,β-unsaturated/α-hetero) is 1. The van der Waals surface area contributed by atoms with E-state index in [1.807, 2.05) is 0 Å². The molecule has 2 saturated heterocycles. The van der Waals surface area contributed by atoms with Gasteiger partial charge in [0.05, 0.1) is 24.5 Å². The summed E-state index contributed by atoms with van der Waals surface area (Å²) in [7, 11) is 0. The third-order valence-corrected chi connectivity index (χ3v) is 4.13. The summed E-state index contributed by atoms with van der Waals surface area (Å²) in [5.41, 5.74) is 5.67. The van der Waals surface area contributed by atoms with Crippen molar-refractivity contribution in [2.45, 2.75) is 18.4 Å². The summed E-state index contributed by atoms with van der Waals surface area (Å²) in [4.78, 5) is 25.3. The second-order valence-electron chi connectivity index (χ2n) is 5.79. The molecule has 9 heteroatoms. The first-order valence-corrected chi connectivity index (χ1v) is 7.45. The summed E-state index contributed by atoms with van der Waals surface area (Å²) >= 11 is 0. The Morgan fingerprint density at radius 2 is 2.08 bits per heavy atom. The molecule has 1 aromatic carbocycles. The van der Waals surface area contributed by atoms with E-state index in [1.165, 1.54) is 17.0 Å². The molecule has 1 aromatic rings. The van der Waals surface area contributed by atoms with Gasteiger partial charge in [0.2, 0.25) is 5.78 Å². The first-order chi connectivity index (χ1) is 11.3. The van der Waals surface area contributed by atoms with Crippen LogP contribution in [0.3, 0.4) is 0 Å². The molecule has 2 fully saturated rings. The Morgan fingerprint density at radius 1 is 1.33 bits per heavy atom. The smallest absolute Gasteiger partial charge is 0.414 e. The molecule has 1 amide bonds. The summed E-state index contributed by atoms with van der Waals surface area (Å²) in [5, 5.41) is 0. The van der Waals surface area contributed by atoms with Crippen LogP contribution in [0.1, 0.15) is 6.42 Å². The van der Waals surface area contributed by atoms with Crippen molar-refractivity contribution in [2.24, 2.45) is 5.73 Å². The van der Waals surface area contributed by atoms with Crippen LogP contribution in [0.25, 0.3) is 0 Å². The zero-order valence-corrected chi connectivity index (χ0v) is 12.7. The van der Waals surface area contributed by atoms with Gasteiger partial charge in [-0.15, -0.1) is 0 Å². The molecule has 24 heavy (non-hydrogen) atoms. The Hall–Kier alpha value is -2.29. The molecule has 0 aromatic heterocycles. The highest BCUT2D eigenvalue weighted by molar-refractivity contribution is 5.90. The maximum atomic E-state index is 14.4. The summed E-state index contributed by atoms with van der Waals surface area (Å²) in [5.74, 6) is -5.37. The highest BCUT2D eigenvalue weighted by Gasteiger charge is 2.44. The van der Waals surface area contributed by atoms with Gasteiger partial charge in [-0.2, -0.15) is 8.78 Å². The number of benzene rings is 1. The first kappa shape index (κ1) is 16.6. The largest absolute Gasteiger partial charge is 0.443 e. The highest BCUT2D eigenvalue weighted by atomic mass is 19.3. The fraction of sp³-hybridized carbons (Fsp3) is 0.467. The van der Waals surface area contributed by atoms with Crippen LogP contribution >= 0.6 is 0 Å². The van der Waals surface area contributed by atoms with Crippen LogP contribution < -0.4 is 15.5 Å². The number of alkyl halides is 2. The molecular formula is C15H16F3N3O3. The van der Waals surface area contributed by atoms with Gasteiger partial charge in [-0.25, -0.2) is 9.18 Å². The monoisotopic (exact) mass is 343 g/mol. The SMILES string of the molecule is NCC1CN(c2ccc(N3CCC(=O)C(F)(F)C3)c(F)c2)C(=O)O1. The van der Waals surface area contributed by atoms with Crippen molar-refractivity contribution in [3.8, 4) is 0 Å². The van der Waals surface area contributed by atoms with Gasteiger partial charge < -0.3 is 15.4 Å². The molecule has 0 saturated carbocycles. The fourth-order valence-corrected chi connectivity index (χ4v) is 2.81. The number of anilines is 2. The molecule has 1 unspecified atom stereocenters. The quantitative estimate of drug-likeness (QED) is 0.901. The molecule has 130 valence electrons. The van der Waals surface area contributed by atoms with Crippen LogP contribution in [0.15, 0.2) is 18.2 Å². The predicted octanol–water partition coefficient (Wildman–Crippen LogP) is 1.52. The predicted molar refractivity (Wildman–Crippen MR) is 79.9 cm³/mol. The average Bonchev–Trinajstić information content (AvgIpc) is 2.91. The average molecular weight is 343 g/mol. The zero-order chi connectivity index (χ0) is 17.5. The van der Waals surface area contributed by atoms with Crippen LogP contribution in [0.4, 0.5) is 29.3 Å². The number of ether oxygens (including phenoxy) is 1. The Kier molecular flexibility index (Phi) is 4.12. The zero-order valence-electron chi connectivity index (χ0n) is 12.7. The van der Waals surface area contributed by atoms with Crippen molar-refractivity contribution in [1.82, 2.24) is 0 Å². The lowest BCUT2D eigenvalue weighted by molar-refractivity contribution is -0.143. The first-order valence-electron chi connectivity index (χ1n) is 7.45. The lowest BCUT2D eigenvalue weighted by Crippen LogP contribution is -2.49. The van der Waals surface area contributed by atoms with E-state index in [2.05, 4.69) is 0 Å². The second-order valence-corrected chi connectivity index (χ2v) is 5.79. The van der Waals surface area contributed by atoms with Crippen LogP contribution in [0, 0.1) is 5.82 Å². The number of nitrogens with two attached hydrogens (primary N) is 1. The van der Waals surface area contributed by atoms with Crippen molar-refractivity contribution in [3.63, 3.8) is 0 Å². The molecular weight excluding hydrogens is 327 g/mol. The van der Waals surface area contributed by atoms with Gasteiger partial charge in [0.1, 0.15) is 11.9 Å². The Bertz CT molecular complexity index is 683. The van der Waals surface area contributed by atoms with E-state index < -0.39 is 36.3 Å². The summed E-state index contributed by atoms with van der Waals surface area (Å²) < 4.78 is 46.4. The lowest BCUT2D eigenvalue weighted by Gasteiger charge is -2.33. The molecule has 0 aliphatic carbocycles. The fourth-order valence-electron chi connectivity index (χ4n) is 2.81. The van der Waals surface area contributed by atoms with E-state index in [0.29, 0.717) is 0 Å². The van der Waals surface area contributed by atoms with Crippen molar-refractivity contribution < 1.29 is 27.5 Å². The molecule has 0 radical (unpaired) electrons. The number of carbonyl (C=O) groups is 2. The van der Waals surface area contributed by atoms with Crippen molar-refractivity contribution in [3.05, 3.63) is 24.0 Å². The minimum atomic E-state index is -3.49. The summed E-state index contributed by atoms with van der Waals surface area (Å²) in [6, 6.07) is 3.86. The maximum absolute atomic E-state index is 14.4. The van der Waals surface area contributed by atoms with Crippen LogP contribution in [-0.2, 0) is 9.53 Å². The molecule has 0 bridgehead atoms. The number of ketones is 1. The van der Waals surface area contributed by atoms with Gasteiger partial charge in [-0.3, -0.25) is 9.69 Å². The van der Waals surface area contributed by atoms with E-state index >= 15 is 0 Å². The Morgan fingerprint density at radius 3 is 2.67 bits per heavy atom. The molecule has 2 aliphatic heterocycles.